The molecule has 3 atom stereocenters. The largest absolute Gasteiger partial charge is 0.481 e. The highest BCUT2D eigenvalue weighted by molar-refractivity contribution is 5.70. The van der Waals surface area contributed by atoms with E-state index in [4.69, 9.17) is 5.11 Å². The minimum Gasteiger partial charge on any atom is -0.481 e. The standard InChI is InChI=1S/C15H20FNO2/c1-10(11-5-7-13(16)8-6-11)17-14-4-2-3-12(9-14)15(18)19/h5-8,10,12,14,17H,2-4,9H2,1H3,(H,18,19)/t10-,12?,14?/m1/s1. The van der Waals surface area contributed by atoms with Crippen LogP contribution in [0.1, 0.15) is 44.2 Å². The van der Waals surface area contributed by atoms with Crippen LogP contribution in [0.4, 0.5) is 4.39 Å². The lowest BCUT2D eigenvalue weighted by Crippen LogP contribution is -2.37. The molecule has 1 aliphatic carbocycles. The van der Waals surface area contributed by atoms with Gasteiger partial charge in [-0.05, 0) is 43.9 Å². The van der Waals surface area contributed by atoms with Crippen LogP contribution in [0.2, 0.25) is 0 Å². The molecule has 1 aromatic rings. The number of hydrogen-bond donors (Lipinski definition) is 2. The average Bonchev–Trinajstić information content (AvgIpc) is 2.39. The van der Waals surface area contributed by atoms with Crippen molar-refractivity contribution in [3.05, 3.63) is 35.6 Å². The first-order valence-corrected chi connectivity index (χ1v) is 6.80. The quantitative estimate of drug-likeness (QED) is 0.879. The van der Waals surface area contributed by atoms with Crippen LogP contribution in [0, 0.1) is 11.7 Å². The Morgan fingerprint density at radius 3 is 2.68 bits per heavy atom. The van der Waals surface area contributed by atoms with Gasteiger partial charge in [-0.1, -0.05) is 18.6 Å². The van der Waals surface area contributed by atoms with Gasteiger partial charge in [0.15, 0.2) is 0 Å². The van der Waals surface area contributed by atoms with E-state index in [9.17, 15) is 9.18 Å². The highest BCUT2D eigenvalue weighted by Gasteiger charge is 2.27. The Morgan fingerprint density at radius 1 is 1.37 bits per heavy atom. The molecule has 0 heterocycles. The number of aliphatic carboxylic acids is 1. The van der Waals surface area contributed by atoms with Gasteiger partial charge < -0.3 is 10.4 Å². The Bertz CT molecular complexity index is 432. The second-order valence-electron chi connectivity index (χ2n) is 5.34. The van der Waals surface area contributed by atoms with Crippen molar-refractivity contribution in [2.75, 3.05) is 0 Å². The number of carbonyl (C=O) groups is 1. The highest BCUT2D eigenvalue weighted by atomic mass is 19.1. The third-order valence-corrected chi connectivity index (χ3v) is 3.88. The van der Waals surface area contributed by atoms with Crippen molar-refractivity contribution in [3.8, 4) is 0 Å². The topological polar surface area (TPSA) is 49.3 Å². The van der Waals surface area contributed by atoms with Crippen LogP contribution in [0.3, 0.4) is 0 Å². The number of halogens is 1. The first kappa shape index (κ1) is 14.0. The van der Waals surface area contributed by atoms with E-state index in [1.807, 2.05) is 6.92 Å². The van der Waals surface area contributed by atoms with Crippen LogP contribution in [0.15, 0.2) is 24.3 Å². The van der Waals surface area contributed by atoms with Gasteiger partial charge in [-0.15, -0.1) is 0 Å². The molecule has 2 unspecified atom stereocenters. The molecule has 1 saturated carbocycles. The molecular formula is C15H20FNO2. The molecule has 2 N–H and O–H groups in total. The van der Waals surface area contributed by atoms with E-state index in [2.05, 4.69) is 5.32 Å². The van der Waals surface area contributed by atoms with Gasteiger partial charge in [0.1, 0.15) is 5.82 Å². The molecular weight excluding hydrogens is 245 g/mol. The summed E-state index contributed by atoms with van der Waals surface area (Å²) in [6.45, 7) is 2.03. The smallest absolute Gasteiger partial charge is 0.306 e. The van der Waals surface area contributed by atoms with Gasteiger partial charge in [0.2, 0.25) is 0 Å². The minimum absolute atomic E-state index is 0.109. The Balaban J connectivity index is 1.93. The van der Waals surface area contributed by atoms with E-state index in [1.54, 1.807) is 12.1 Å². The van der Waals surface area contributed by atoms with Gasteiger partial charge in [0.05, 0.1) is 5.92 Å². The summed E-state index contributed by atoms with van der Waals surface area (Å²) in [5.41, 5.74) is 1.03. The zero-order chi connectivity index (χ0) is 13.8. The molecule has 0 radical (unpaired) electrons. The molecule has 1 fully saturated rings. The number of benzene rings is 1. The van der Waals surface area contributed by atoms with Gasteiger partial charge in [0.25, 0.3) is 0 Å². The average molecular weight is 265 g/mol. The number of carboxylic acids is 1. The molecule has 0 amide bonds. The summed E-state index contributed by atoms with van der Waals surface area (Å²) in [7, 11) is 0. The number of hydrogen-bond acceptors (Lipinski definition) is 2. The Morgan fingerprint density at radius 2 is 2.05 bits per heavy atom. The molecule has 4 heteroatoms. The maximum atomic E-state index is 12.9. The maximum Gasteiger partial charge on any atom is 0.306 e. The fourth-order valence-electron chi connectivity index (χ4n) is 2.77. The van der Waals surface area contributed by atoms with Gasteiger partial charge in [0, 0.05) is 12.1 Å². The summed E-state index contributed by atoms with van der Waals surface area (Å²) >= 11 is 0. The molecule has 2 rings (SSSR count). The van der Waals surface area contributed by atoms with E-state index in [0.717, 1.165) is 24.8 Å². The lowest BCUT2D eigenvalue weighted by molar-refractivity contribution is -0.143. The molecule has 1 aromatic carbocycles. The van der Waals surface area contributed by atoms with E-state index in [0.29, 0.717) is 6.42 Å². The van der Waals surface area contributed by atoms with Gasteiger partial charge in [-0.3, -0.25) is 4.79 Å². The number of carboxylic acid groups (broad SMARTS) is 1. The summed E-state index contributed by atoms with van der Waals surface area (Å²) in [6, 6.07) is 6.78. The minimum atomic E-state index is -0.694. The predicted molar refractivity (Wildman–Crippen MR) is 71.3 cm³/mol. The monoisotopic (exact) mass is 265 g/mol. The Hall–Kier alpha value is -1.42. The second kappa shape index (κ2) is 6.15. The Kier molecular flexibility index (Phi) is 4.53. The van der Waals surface area contributed by atoms with Crippen molar-refractivity contribution in [1.29, 1.82) is 0 Å². The molecule has 1 aliphatic rings. The first-order chi connectivity index (χ1) is 9.06. The van der Waals surface area contributed by atoms with Crippen LogP contribution in [-0.4, -0.2) is 17.1 Å². The summed E-state index contributed by atoms with van der Waals surface area (Å²) < 4.78 is 12.9. The molecule has 0 aromatic heterocycles. The van der Waals surface area contributed by atoms with Gasteiger partial charge >= 0.3 is 5.97 Å². The van der Waals surface area contributed by atoms with Crippen LogP contribution in [-0.2, 0) is 4.79 Å². The third kappa shape index (κ3) is 3.77. The fraction of sp³-hybridized carbons (Fsp3) is 0.533. The van der Waals surface area contributed by atoms with Crippen molar-refractivity contribution >= 4 is 5.97 Å². The molecule has 0 spiro atoms. The van der Waals surface area contributed by atoms with Gasteiger partial charge in [-0.25, -0.2) is 4.39 Å². The van der Waals surface area contributed by atoms with E-state index >= 15 is 0 Å². The van der Waals surface area contributed by atoms with Crippen molar-refractivity contribution < 1.29 is 14.3 Å². The van der Waals surface area contributed by atoms with E-state index in [1.165, 1.54) is 12.1 Å². The van der Waals surface area contributed by atoms with Crippen LogP contribution in [0.5, 0.6) is 0 Å². The third-order valence-electron chi connectivity index (χ3n) is 3.88. The summed E-state index contributed by atoms with van der Waals surface area (Å²) in [5, 5.41) is 12.5. The summed E-state index contributed by atoms with van der Waals surface area (Å²) in [5.74, 6) is -1.16. The van der Waals surface area contributed by atoms with Crippen LogP contribution >= 0.6 is 0 Å². The fourth-order valence-corrected chi connectivity index (χ4v) is 2.77. The van der Waals surface area contributed by atoms with Crippen LogP contribution in [0.25, 0.3) is 0 Å². The molecule has 0 aliphatic heterocycles. The number of rotatable bonds is 4. The van der Waals surface area contributed by atoms with Gasteiger partial charge in [-0.2, -0.15) is 0 Å². The van der Waals surface area contributed by atoms with Crippen molar-refractivity contribution in [2.45, 2.75) is 44.7 Å². The predicted octanol–water partition coefficient (Wildman–Crippen LogP) is 3.12. The zero-order valence-corrected chi connectivity index (χ0v) is 11.1. The van der Waals surface area contributed by atoms with E-state index in [-0.39, 0.29) is 23.8 Å². The molecule has 104 valence electrons. The zero-order valence-electron chi connectivity index (χ0n) is 11.1. The normalized spacial score (nSPS) is 24.9. The second-order valence-corrected chi connectivity index (χ2v) is 5.34. The first-order valence-electron chi connectivity index (χ1n) is 6.80. The number of nitrogens with one attached hydrogen (secondary N) is 1. The maximum absolute atomic E-state index is 12.9. The van der Waals surface area contributed by atoms with Crippen molar-refractivity contribution in [2.24, 2.45) is 5.92 Å². The Labute approximate surface area is 112 Å². The van der Waals surface area contributed by atoms with Crippen molar-refractivity contribution in [3.63, 3.8) is 0 Å². The molecule has 19 heavy (non-hydrogen) atoms. The lowest BCUT2D eigenvalue weighted by atomic mass is 9.85. The molecule has 0 saturated heterocycles. The SMILES string of the molecule is C[C@@H](NC1CCCC(C(=O)O)C1)c1ccc(F)cc1. The lowest BCUT2D eigenvalue weighted by Gasteiger charge is -2.30. The summed E-state index contributed by atoms with van der Waals surface area (Å²) in [6.07, 6.45) is 3.42. The van der Waals surface area contributed by atoms with Crippen molar-refractivity contribution in [1.82, 2.24) is 5.32 Å². The molecule has 3 nitrogen and oxygen atoms in total. The summed E-state index contributed by atoms with van der Waals surface area (Å²) in [4.78, 5) is 11.0. The highest BCUT2D eigenvalue weighted by Crippen LogP contribution is 2.26. The molecule has 0 bridgehead atoms. The van der Waals surface area contributed by atoms with Crippen LogP contribution < -0.4 is 5.32 Å². The van der Waals surface area contributed by atoms with E-state index < -0.39 is 5.97 Å².